The number of carbonyl (C=O) groups is 2. The molecule has 0 aromatic heterocycles. The van der Waals surface area contributed by atoms with Crippen LogP contribution in [0.15, 0.2) is 30.3 Å². The Morgan fingerprint density at radius 2 is 1.82 bits per heavy atom. The number of ether oxygens (including phenoxy) is 2. The molecule has 1 rings (SSSR count). The van der Waals surface area contributed by atoms with Gasteiger partial charge in [-0.25, -0.2) is 9.59 Å². The first-order chi connectivity index (χ1) is 10.3. The molecular formula is C17H25NO4. The zero-order chi connectivity index (χ0) is 16.6. The van der Waals surface area contributed by atoms with Crippen molar-refractivity contribution < 1.29 is 19.1 Å². The standard InChI is InChI=1S/C17H25NO4/c1-5-9-14(18-16(20)22-17(2,3)4)15(19)21-12-13-10-7-6-8-11-13/h6-8,10-11,14H,5,9,12H2,1-4H3,(H,18,20). The number of esters is 1. The first kappa shape index (κ1) is 18.0. The second kappa shape index (κ2) is 8.41. The number of alkyl carbamates (subject to hydrolysis) is 1. The van der Waals surface area contributed by atoms with Gasteiger partial charge < -0.3 is 14.8 Å². The zero-order valence-electron chi connectivity index (χ0n) is 13.7. The van der Waals surface area contributed by atoms with E-state index in [0.29, 0.717) is 6.42 Å². The van der Waals surface area contributed by atoms with E-state index < -0.39 is 23.7 Å². The van der Waals surface area contributed by atoms with Gasteiger partial charge in [-0.2, -0.15) is 0 Å². The summed E-state index contributed by atoms with van der Waals surface area (Å²) in [7, 11) is 0. The molecule has 0 saturated heterocycles. The molecule has 5 nitrogen and oxygen atoms in total. The number of amides is 1. The second-order valence-electron chi connectivity index (χ2n) is 6.08. The molecule has 1 aromatic rings. The highest BCUT2D eigenvalue weighted by Gasteiger charge is 2.24. The van der Waals surface area contributed by atoms with Gasteiger partial charge in [-0.3, -0.25) is 0 Å². The van der Waals surface area contributed by atoms with Gasteiger partial charge in [-0.15, -0.1) is 0 Å². The van der Waals surface area contributed by atoms with Crippen molar-refractivity contribution in [3.63, 3.8) is 0 Å². The molecule has 0 aliphatic rings. The molecule has 5 heteroatoms. The highest BCUT2D eigenvalue weighted by atomic mass is 16.6. The van der Waals surface area contributed by atoms with Crippen molar-refractivity contribution >= 4 is 12.1 Å². The topological polar surface area (TPSA) is 64.6 Å². The summed E-state index contributed by atoms with van der Waals surface area (Å²) in [6, 6.07) is 8.72. The van der Waals surface area contributed by atoms with E-state index in [-0.39, 0.29) is 6.61 Å². The number of benzene rings is 1. The zero-order valence-corrected chi connectivity index (χ0v) is 13.7. The van der Waals surface area contributed by atoms with Crippen molar-refractivity contribution in [1.82, 2.24) is 5.32 Å². The third-order valence-corrected chi connectivity index (χ3v) is 2.78. The predicted octanol–water partition coefficient (Wildman–Crippen LogP) is 3.42. The quantitative estimate of drug-likeness (QED) is 0.818. The maximum atomic E-state index is 12.1. The first-order valence-corrected chi connectivity index (χ1v) is 7.52. The predicted molar refractivity (Wildman–Crippen MR) is 84.3 cm³/mol. The molecule has 0 fully saturated rings. The van der Waals surface area contributed by atoms with Gasteiger partial charge in [0, 0.05) is 0 Å². The van der Waals surface area contributed by atoms with E-state index in [1.54, 1.807) is 20.8 Å². The smallest absolute Gasteiger partial charge is 0.408 e. The monoisotopic (exact) mass is 307 g/mol. The van der Waals surface area contributed by atoms with Crippen LogP contribution in [0.25, 0.3) is 0 Å². The van der Waals surface area contributed by atoms with Crippen molar-refractivity contribution in [1.29, 1.82) is 0 Å². The molecule has 0 spiro atoms. The summed E-state index contributed by atoms with van der Waals surface area (Å²) in [5.41, 5.74) is 0.304. The fraction of sp³-hybridized carbons (Fsp3) is 0.529. The van der Waals surface area contributed by atoms with Gasteiger partial charge >= 0.3 is 12.1 Å². The van der Waals surface area contributed by atoms with Crippen LogP contribution in [0.1, 0.15) is 46.1 Å². The number of hydrogen-bond donors (Lipinski definition) is 1. The van der Waals surface area contributed by atoms with Crippen LogP contribution >= 0.6 is 0 Å². The van der Waals surface area contributed by atoms with Crippen molar-refractivity contribution in [2.75, 3.05) is 0 Å². The van der Waals surface area contributed by atoms with Crippen molar-refractivity contribution in [3.05, 3.63) is 35.9 Å². The molecule has 0 radical (unpaired) electrons. The lowest BCUT2D eigenvalue weighted by Gasteiger charge is -2.22. The van der Waals surface area contributed by atoms with Crippen molar-refractivity contribution in [2.24, 2.45) is 0 Å². The van der Waals surface area contributed by atoms with E-state index in [4.69, 9.17) is 9.47 Å². The van der Waals surface area contributed by atoms with Crippen molar-refractivity contribution in [2.45, 2.75) is 58.8 Å². The SMILES string of the molecule is CCCC(NC(=O)OC(C)(C)C)C(=O)OCc1ccccc1. The van der Waals surface area contributed by atoms with E-state index in [1.165, 1.54) is 0 Å². The van der Waals surface area contributed by atoms with Crippen LogP contribution in [0, 0.1) is 0 Å². The van der Waals surface area contributed by atoms with Crippen LogP contribution in [0.3, 0.4) is 0 Å². The summed E-state index contributed by atoms with van der Waals surface area (Å²) in [5.74, 6) is -0.448. The second-order valence-corrected chi connectivity index (χ2v) is 6.08. The van der Waals surface area contributed by atoms with Crippen LogP contribution in [0.5, 0.6) is 0 Å². The molecule has 1 unspecified atom stereocenters. The lowest BCUT2D eigenvalue weighted by atomic mass is 10.1. The molecule has 1 atom stereocenters. The molecule has 1 N–H and O–H groups in total. The summed E-state index contributed by atoms with van der Waals surface area (Å²) in [4.78, 5) is 23.9. The average Bonchev–Trinajstić information content (AvgIpc) is 2.43. The number of rotatable bonds is 6. The van der Waals surface area contributed by atoms with E-state index in [2.05, 4.69) is 5.32 Å². The highest BCUT2D eigenvalue weighted by molar-refractivity contribution is 5.81. The number of carbonyl (C=O) groups excluding carboxylic acids is 2. The number of hydrogen-bond acceptors (Lipinski definition) is 4. The molecule has 0 aliphatic carbocycles. The maximum Gasteiger partial charge on any atom is 0.408 e. The Hall–Kier alpha value is -2.04. The van der Waals surface area contributed by atoms with E-state index >= 15 is 0 Å². The molecule has 0 bridgehead atoms. The summed E-state index contributed by atoms with van der Waals surface area (Å²) in [5, 5.41) is 2.57. The molecule has 0 saturated carbocycles. The van der Waals surface area contributed by atoms with Gasteiger partial charge in [0.05, 0.1) is 0 Å². The van der Waals surface area contributed by atoms with Crippen LogP contribution in [-0.4, -0.2) is 23.7 Å². The lowest BCUT2D eigenvalue weighted by molar-refractivity contribution is -0.147. The Balaban J connectivity index is 2.54. The largest absolute Gasteiger partial charge is 0.459 e. The summed E-state index contributed by atoms with van der Waals surface area (Å²) >= 11 is 0. The van der Waals surface area contributed by atoms with E-state index in [9.17, 15) is 9.59 Å². The van der Waals surface area contributed by atoms with Crippen molar-refractivity contribution in [3.8, 4) is 0 Å². The fourth-order valence-corrected chi connectivity index (χ4v) is 1.82. The van der Waals surface area contributed by atoms with E-state index in [1.807, 2.05) is 37.3 Å². The summed E-state index contributed by atoms with van der Waals surface area (Å²) in [6.07, 6.45) is 0.649. The highest BCUT2D eigenvalue weighted by Crippen LogP contribution is 2.09. The van der Waals surface area contributed by atoms with Gasteiger partial charge in [0.15, 0.2) is 0 Å². The third-order valence-electron chi connectivity index (χ3n) is 2.78. The van der Waals surface area contributed by atoms with Crippen LogP contribution in [-0.2, 0) is 20.9 Å². The third kappa shape index (κ3) is 7.11. The van der Waals surface area contributed by atoms with Gasteiger partial charge in [-0.05, 0) is 32.8 Å². The van der Waals surface area contributed by atoms with Gasteiger partial charge in [0.25, 0.3) is 0 Å². The lowest BCUT2D eigenvalue weighted by Crippen LogP contribution is -2.44. The van der Waals surface area contributed by atoms with Crippen LogP contribution in [0.2, 0.25) is 0 Å². The molecular weight excluding hydrogens is 282 g/mol. The van der Waals surface area contributed by atoms with Crippen LogP contribution in [0.4, 0.5) is 4.79 Å². The van der Waals surface area contributed by atoms with E-state index in [0.717, 1.165) is 12.0 Å². The van der Waals surface area contributed by atoms with Gasteiger partial charge in [-0.1, -0.05) is 43.7 Å². The normalized spacial score (nSPS) is 12.4. The minimum Gasteiger partial charge on any atom is -0.459 e. The van der Waals surface area contributed by atoms with Crippen LogP contribution < -0.4 is 5.32 Å². The molecule has 1 amide bonds. The molecule has 0 heterocycles. The Bertz CT molecular complexity index is 479. The maximum absolute atomic E-state index is 12.1. The molecule has 1 aromatic carbocycles. The Morgan fingerprint density at radius 3 is 2.36 bits per heavy atom. The Morgan fingerprint density at radius 1 is 1.18 bits per heavy atom. The Kier molecular flexibility index (Phi) is 6.89. The number of nitrogens with one attached hydrogen (secondary N) is 1. The summed E-state index contributed by atoms with van der Waals surface area (Å²) in [6.45, 7) is 7.45. The average molecular weight is 307 g/mol. The molecule has 22 heavy (non-hydrogen) atoms. The Labute approximate surface area is 132 Å². The summed E-state index contributed by atoms with van der Waals surface area (Å²) < 4.78 is 10.4. The van der Waals surface area contributed by atoms with Gasteiger partial charge in [0.2, 0.25) is 0 Å². The molecule has 0 aliphatic heterocycles. The minimum absolute atomic E-state index is 0.190. The first-order valence-electron chi connectivity index (χ1n) is 7.52. The van der Waals surface area contributed by atoms with Gasteiger partial charge in [0.1, 0.15) is 18.2 Å². The fourth-order valence-electron chi connectivity index (χ4n) is 1.82. The molecule has 122 valence electrons. The minimum atomic E-state index is -0.691.